The number of ether oxygens (including phenoxy) is 1. The molecule has 2 atom stereocenters. The third-order valence-corrected chi connectivity index (χ3v) is 2.79. The Labute approximate surface area is 102 Å². The Morgan fingerprint density at radius 1 is 1.41 bits per heavy atom. The molecule has 94 valence electrons. The Morgan fingerprint density at radius 2 is 2.06 bits per heavy atom. The summed E-state index contributed by atoms with van der Waals surface area (Å²) in [4.78, 5) is 10.9. The molecule has 1 aromatic rings. The lowest BCUT2D eigenvalue weighted by atomic mass is 10.1. The van der Waals surface area contributed by atoms with Crippen LogP contribution < -0.4 is 15.8 Å². The molecule has 0 aliphatic carbocycles. The third-order valence-electron chi connectivity index (χ3n) is 2.79. The Morgan fingerprint density at radius 3 is 2.65 bits per heavy atom. The number of hydrogen-bond acceptors (Lipinski definition) is 3. The van der Waals surface area contributed by atoms with Crippen molar-refractivity contribution in [1.29, 1.82) is 0 Å². The Bertz CT molecular complexity index is 379. The summed E-state index contributed by atoms with van der Waals surface area (Å²) < 4.78 is 5.64. The van der Waals surface area contributed by atoms with Crippen molar-refractivity contribution in [3.63, 3.8) is 0 Å². The summed E-state index contributed by atoms with van der Waals surface area (Å²) in [5, 5.41) is 3.16. The van der Waals surface area contributed by atoms with Gasteiger partial charge in [-0.05, 0) is 20.0 Å². The van der Waals surface area contributed by atoms with Crippen LogP contribution in [-0.2, 0) is 4.79 Å². The minimum absolute atomic E-state index is 0.204. The van der Waals surface area contributed by atoms with Gasteiger partial charge >= 0.3 is 0 Å². The lowest BCUT2D eigenvalue weighted by Gasteiger charge is -2.17. The van der Waals surface area contributed by atoms with E-state index in [1.807, 2.05) is 31.3 Å². The molecular weight excluding hydrogens is 216 g/mol. The second-order valence-corrected chi connectivity index (χ2v) is 4.16. The van der Waals surface area contributed by atoms with Crippen LogP contribution in [0.1, 0.15) is 25.5 Å². The molecule has 0 bridgehead atoms. The average Bonchev–Trinajstić information content (AvgIpc) is 2.35. The van der Waals surface area contributed by atoms with E-state index in [1.54, 1.807) is 6.92 Å². The zero-order valence-corrected chi connectivity index (χ0v) is 10.6. The van der Waals surface area contributed by atoms with Crippen LogP contribution in [0.5, 0.6) is 5.75 Å². The first-order chi connectivity index (χ1) is 8.06. The molecule has 1 rings (SSSR count). The highest BCUT2D eigenvalue weighted by atomic mass is 16.5. The van der Waals surface area contributed by atoms with Gasteiger partial charge in [0, 0.05) is 11.6 Å². The summed E-state index contributed by atoms with van der Waals surface area (Å²) in [5.74, 6) is 0.166. The quantitative estimate of drug-likeness (QED) is 0.786. The average molecular weight is 236 g/mol. The molecule has 0 aliphatic heterocycles. The predicted octanol–water partition coefficient (Wildman–Crippen LogP) is 1.47. The molecule has 17 heavy (non-hydrogen) atoms. The van der Waals surface area contributed by atoms with Crippen molar-refractivity contribution in [3.8, 4) is 5.75 Å². The molecule has 1 aromatic carbocycles. The van der Waals surface area contributed by atoms with Crippen molar-refractivity contribution in [1.82, 2.24) is 5.32 Å². The Hall–Kier alpha value is -1.55. The monoisotopic (exact) mass is 236 g/mol. The molecule has 0 aliphatic rings. The van der Waals surface area contributed by atoms with Gasteiger partial charge in [-0.1, -0.05) is 25.1 Å². The van der Waals surface area contributed by atoms with Crippen molar-refractivity contribution in [3.05, 3.63) is 29.8 Å². The van der Waals surface area contributed by atoms with Crippen LogP contribution in [0.25, 0.3) is 0 Å². The molecule has 0 saturated heterocycles. The van der Waals surface area contributed by atoms with Gasteiger partial charge in [-0.15, -0.1) is 0 Å². The number of amides is 1. The number of primary amides is 1. The van der Waals surface area contributed by atoms with E-state index in [0.29, 0.717) is 6.61 Å². The number of nitrogens with one attached hydrogen (secondary N) is 1. The summed E-state index contributed by atoms with van der Waals surface area (Å²) in [6, 6.07) is 7.99. The first-order valence-corrected chi connectivity index (χ1v) is 5.74. The van der Waals surface area contributed by atoms with Gasteiger partial charge in [0.15, 0.2) is 0 Å². The maximum atomic E-state index is 10.9. The van der Waals surface area contributed by atoms with Gasteiger partial charge in [-0.25, -0.2) is 0 Å². The molecule has 4 nitrogen and oxygen atoms in total. The number of carbonyl (C=O) groups is 1. The molecule has 0 aromatic heterocycles. The molecular formula is C13H20N2O2. The van der Waals surface area contributed by atoms with Crippen molar-refractivity contribution >= 4 is 5.91 Å². The fourth-order valence-electron chi connectivity index (χ4n) is 1.42. The predicted molar refractivity (Wildman–Crippen MR) is 67.8 cm³/mol. The first kappa shape index (κ1) is 13.5. The largest absolute Gasteiger partial charge is 0.492 e. The van der Waals surface area contributed by atoms with Crippen LogP contribution in [0.4, 0.5) is 0 Å². The maximum Gasteiger partial charge on any atom is 0.223 e. The molecule has 0 spiro atoms. The van der Waals surface area contributed by atoms with Gasteiger partial charge in [-0.3, -0.25) is 4.79 Å². The van der Waals surface area contributed by atoms with Crippen LogP contribution >= 0.6 is 0 Å². The first-order valence-electron chi connectivity index (χ1n) is 5.74. The van der Waals surface area contributed by atoms with Crippen LogP contribution in [0, 0.1) is 5.92 Å². The number of nitrogens with two attached hydrogens (primary N) is 1. The Kier molecular flexibility index (Phi) is 4.97. The highest BCUT2D eigenvalue weighted by molar-refractivity contribution is 5.76. The Balaban J connectivity index is 2.73. The van der Waals surface area contributed by atoms with Crippen LogP contribution in [0.2, 0.25) is 0 Å². The van der Waals surface area contributed by atoms with Gasteiger partial charge < -0.3 is 15.8 Å². The standard InChI is InChI=1S/C13H20N2O2/c1-9(13(14)16)8-17-12-7-5-4-6-11(12)10(2)15-3/h4-7,9-10,15H,8H2,1-3H3,(H2,14,16). The topological polar surface area (TPSA) is 64.3 Å². The highest BCUT2D eigenvalue weighted by Crippen LogP contribution is 2.24. The van der Waals surface area contributed by atoms with Crippen molar-refractivity contribution < 1.29 is 9.53 Å². The van der Waals surface area contributed by atoms with Crippen LogP contribution in [0.3, 0.4) is 0 Å². The minimum Gasteiger partial charge on any atom is -0.492 e. The zero-order chi connectivity index (χ0) is 12.8. The fourth-order valence-corrected chi connectivity index (χ4v) is 1.42. The van der Waals surface area contributed by atoms with Crippen molar-refractivity contribution in [2.45, 2.75) is 19.9 Å². The van der Waals surface area contributed by atoms with E-state index in [1.165, 1.54) is 0 Å². The summed E-state index contributed by atoms with van der Waals surface area (Å²) in [6.07, 6.45) is 0. The zero-order valence-electron chi connectivity index (χ0n) is 10.6. The summed E-state index contributed by atoms with van der Waals surface area (Å²) in [6.45, 7) is 4.12. The van der Waals surface area contributed by atoms with E-state index in [4.69, 9.17) is 10.5 Å². The fraction of sp³-hybridized carbons (Fsp3) is 0.462. The van der Waals surface area contributed by atoms with E-state index in [-0.39, 0.29) is 17.9 Å². The molecule has 0 radical (unpaired) electrons. The third kappa shape index (κ3) is 3.75. The minimum atomic E-state index is -0.343. The van der Waals surface area contributed by atoms with Crippen molar-refractivity contribution in [2.24, 2.45) is 11.7 Å². The summed E-state index contributed by atoms with van der Waals surface area (Å²) in [5.41, 5.74) is 6.27. The maximum absolute atomic E-state index is 10.9. The number of carbonyl (C=O) groups excluding carboxylic acids is 1. The van der Waals surface area contributed by atoms with Crippen molar-refractivity contribution in [2.75, 3.05) is 13.7 Å². The second kappa shape index (κ2) is 6.25. The highest BCUT2D eigenvalue weighted by Gasteiger charge is 2.13. The lowest BCUT2D eigenvalue weighted by molar-refractivity contribution is -0.122. The molecule has 0 fully saturated rings. The molecule has 2 unspecified atom stereocenters. The van der Waals surface area contributed by atoms with E-state index >= 15 is 0 Å². The number of rotatable bonds is 6. The number of hydrogen-bond donors (Lipinski definition) is 2. The normalized spacial score (nSPS) is 14.1. The van der Waals surface area contributed by atoms with Crippen LogP contribution in [0.15, 0.2) is 24.3 Å². The van der Waals surface area contributed by atoms with E-state index in [9.17, 15) is 4.79 Å². The molecule has 1 amide bonds. The van der Waals surface area contributed by atoms with Gasteiger partial charge in [0.25, 0.3) is 0 Å². The van der Waals surface area contributed by atoms with Gasteiger partial charge in [0.05, 0.1) is 12.5 Å². The molecule has 0 heterocycles. The smallest absolute Gasteiger partial charge is 0.223 e. The number of benzene rings is 1. The second-order valence-electron chi connectivity index (χ2n) is 4.16. The summed E-state index contributed by atoms with van der Waals surface area (Å²) in [7, 11) is 1.90. The molecule has 3 N–H and O–H groups in total. The van der Waals surface area contributed by atoms with E-state index < -0.39 is 0 Å². The summed E-state index contributed by atoms with van der Waals surface area (Å²) >= 11 is 0. The lowest BCUT2D eigenvalue weighted by Crippen LogP contribution is -2.26. The van der Waals surface area contributed by atoms with Gasteiger partial charge in [-0.2, -0.15) is 0 Å². The number of para-hydroxylation sites is 1. The van der Waals surface area contributed by atoms with Crippen LogP contribution in [-0.4, -0.2) is 19.6 Å². The van der Waals surface area contributed by atoms with E-state index in [2.05, 4.69) is 12.2 Å². The molecule has 4 heteroatoms. The van der Waals surface area contributed by atoms with E-state index in [0.717, 1.165) is 11.3 Å². The molecule has 0 saturated carbocycles. The van der Waals surface area contributed by atoms with Gasteiger partial charge in [0.1, 0.15) is 5.75 Å². The van der Waals surface area contributed by atoms with Gasteiger partial charge in [0.2, 0.25) is 5.91 Å². The SMILES string of the molecule is CNC(C)c1ccccc1OCC(C)C(N)=O.